The molecule has 0 fully saturated rings. The first-order chi connectivity index (χ1) is 33.9. The van der Waals surface area contributed by atoms with E-state index in [1.807, 2.05) is 72.8 Å². The Kier molecular flexibility index (Phi) is 33.1. The molecule has 0 unspecified atom stereocenters. The maximum absolute atomic E-state index is 11.3. The van der Waals surface area contributed by atoms with Gasteiger partial charge in [0.05, 0.1) is 54.4 Å². The van der Waals surface area contributed by atoms with Crippen LogP contribution in [-0.4, -0.2) is 98.2 Å². The Morgan fingerprint density at radius 1 is 0.362 bits per heavy atom. The van der Waals surface area contributed by atoms with Crippen LogP contribution in [0.15, 0.2) is 91.0 Å². The minimum absolute atomic E-state index is 0.0693. The van der Waals surface area contributed by atoms with Crippen molar-refractivity contribution >= 4 is 36.1 Å². The van der Waals surface area contributed by atoms with Crippen molar-refractivity contribution < 1.29 is 57.0 Å². The van der Waals surface area contributed by atoms with E-state index in [9.17, 15) is 14.4 Å². The minimum Gasteiger partial charge on any atom is -0.494 e. The zero-order valence-corrected chi connectivity index (χ0v) is 41.8. The van der Waals surface area contributed by atoms with Gasteiger partial charge in [-0.3, -0.25) is 0 Å². The average Bonchev–Trinajstić information content (AvgIpc) is 3.38. The molecule has 0 amide bonds. The normalized spacial score (nSPS) is 11.9. The number of esters is 3. The van der Waals surface area contributed by atoms with E-state index in [0.717, 1.165) is 124 Å². The molecule has 0 aliphatic heterocycles. The van der Waals surface area contributed by atoms with Gasteiger partial charge in [0.25, 0.3) is 0 Å². The summed E-state index contributed by atoms with van der Waals surface area (Å²) < 4.78 is 50.1. The number of carbonyl (C=O) groups excluding carboxylic acids is 3. The lowest BCUT2D eigenvalue weighted by Gasteiger charge is -2.18. The van der Waals surface area contributed by atoms with E-state index in [4.69, 9.17) is 28.4 Å². The third-order valence-corrected chi connectivity index (χ3v) is 11.2. The van der Waals surface area contributed by atoms with Crippen LogP contribution in [-0.2, 0) is 42.8 Å². The highest BCUT2D eigenvalue weighted by molar-refractivity contribution is 5.88. The fourth-order valence-corrected chi connectivity index (χ4v) is 7.05. The lowest BCUT2D eigenvalue weighted by Crippen LogP contribution is -2.27. The molecule has 0 radical (unpaired) electrons. The van der Waals surface area contributed by atoms with Crippen LogP contribution in [0.3, 0.4) is 0 Å². The predicted octanol–water partition coefficient (Wildman–Crippen LogP) is 12.2. The number of carbonyl (C=O) groups is 3. The van der Waals surface area contributed by atoms with E-state index in [1.165, 1.54) is 78.1 Å². The van der Waals surface area contributed by atoms with Crippen LogP contribution >= 0.6 is 0 Å². The van der Waals surface area contributed by atoms with Gasteiger partial charge in [0.15, 0.2) is 0 Å². The maximum Gasteiger partial charge on any atom is 0.330 e. The van der Waals surface area contributed by atoms with Gasteiger partial charge in [0.1, 0.15) is 23.4 Å². The SMILES string of the molecule is COC(=O)C=Cc1ccc(OCCCCCCCCOCC(COCCCCCCCCOc2ccc(C=CC(=O)OC)cc2)OCCCCCCCCOc2ccc(C=CC(=O)OC)cc2)cc1. The van der Waals surface area contributed by atoms with Gasteiger partial charge in [0.2, 0.25) is 0 Å². The molecule has 0 N–H and O–H groups in total. The summed E-state index contributed by atoms with van der Waals surface area (Å²) in [6, 6.07) is 23.1. The smallest absolute Gasteiger partial charge is 0.330 e. The molecular weight excluding hydrogens is 877 g/mol. The molecule has 3 aromatic carbocycles. The molecule has 0 spiro atoms. The summed E-state index contributed by atoms with van der Waals surface area (Å²) in [4.78, 5) is 33.9. The van der Waals surface area contributed by atoms with Crippen molar-refractivity contribution in [2.75, 3.05) is 74.2 Å². The van der Waals surface area contributed by atoms with Gasteiger partial charge < -0.3 is 42.6 Å². The van der Waals surface area contributed by atoms with Crippen LogP contribution in [0.2, 0.25) is 0 Å². The van der Waals surface area contributed by atoms with Gasteiger partial charge in [-0.25, -0.2) is 14.4 Å². The molecule has 0 aliphatic carbocycles. The lowest BCUT2D eigenvalue weighted by molar-refractivity contribution is -0.135. The van der Waals surface area contributed by atoms with Gasteiger partial charge in [-0.2, -0.15) is 0 Å². The van der Waals surface area contributed by atoms with Crippen molar-refractivity contribution in [2.45, 2.75) is 122 Å². The van der Waals surface area contributed by atoms with E-state index in [2.05, 4.69) is 14.2 Å². The van der Waals surface area contributed by atoms with Crippen LogP contribution in [0.1, 0.15) is 132 Å². The first kappa shape index (κ1) is 57.9. The largest absolute Gasteiger partial charge is 0.494 e. The van der Waals surface area contributed by atoms with Crippen molar-refractivity contribution in [3.8, 4) is 17.2 Å². The Morgan fingerprint density at radius 3 is 0.913 bits per heavy atom. The topological polar surface area (TPSA) is 134 Å². The summed E-state index contributed by atoms with van der Waals surface area (Å²) in [5.41, 5.74) is 2.76. The van der Waals surface area contributed by atoms with Gasteiger partial charge >= 0.3 is 17.9 Å². The number of methoxy groups -OCH3 is 3. The lowest BCUT2D eigenvalue weighted by atomic mass is 10.1. The highest BCUT2D eigenvalue weighted by atomic mass is 16.6. The number of ether oxygens (including phenoxy) is 9. The quantitative estimate of drug-likeness (QED) is 0.0232. The van der Waals surface area contributed by atoms with Gasteiger partial charge in [0, 0.05) is 38.0 Å². The van der Waals surface area contributed by atoms with Gasteiger partial charge in [-0.1, -0.05) is 113 Å². The van der Waals surface area contributed by atoms with Crippen LogP contribution < -0.4 is 14.2 Å². The zero-order valence-electron chi connectivity index (χ0n) is 41.8. The Hall–Kier alpha value is -5.43. The molecule has 0 atom stereocenters. The van der Waals surface area contributed by atoms with Crippen molar-refractivity contribution in [3.63, 3.8) is 0 Å². The van der Waals surface area contributed by atoms with Crippen LogP contribution in [0.25, 0.3) is 18.2 Å². The molecule has 380 valence electrons. The van der Waals surface area contributed by atoms with Crippen molar-refractivity contribution in [1.82, 2.24) is 0 Å². The van der Waals surface area contributed by atoms with Gasteiger partial charge in [-0.05, 0) is 110 Å². The summed E-state index contributed by atoms with van der Waals surface area (Å²) in [6.07, 6.45) is 29.3. The second-order valence-electron chi connectivity index (χ2n) is 16.8. The molecule has 3 aromatic rings. The van der Waals surface area contributed by atoms with Crippen LogP contribution in [0.5, 0.6) is 17.2 Å². The molecule has 0 aliphatic rings. The first-order valence-corrected chi connectivity index (χ1v) is 25.1. The Bertz CT molecular complexity index is 1760. The van der Waals surface area contributed by atoms with Crippen molar-refractivity contribution in [3.05, 3.63) is 108 Å². The molecule has 12 heteroatoms. The van der Waals surface area contributed by atoms with Crippen LogP contribution in [0.4, 0.5) is 0 Å². The molecule has 0 saturated carbocycles. The third-order valence-electron chi connectivity index (χ3n) is 11.2. The highest BCUT2D eigenvalue weighted by Gasteiger charge is 2.11. The predicted molar refractivity (Wildman–Crippen MR) is 273 cm³/mol. The molecule has 0 aromatic heterocycles. The number of unbranched alkanes of at least 4 members (excludes halogenated alkanes) is 15. The molecule has 0 heterocycles. The summed E-state index contributed by atoms with van der Waals surface area (Å²) in [5.74, 6) is 1.37. The average molecular weight is 957 g/mol. The molecular formula is C57H80O12. The summed E-state index contributed by atoms with van der Waals surface area (Å²) in [5, 5.41) is 0. The maximum atomic E-state index is 11.3. The highest BCUT2D eigenvalue weighted by Crippen LogP contribution is 2.18. The third kappa shape index (κ3) is 30.6. The summed E-state index contributed by atoms with van der Waals surface area (Å²) in [7, 11) is 4.09. The number of hydrogen-bond acceptors (Lipinski definition) is 12. The van der Waals surface area contributed by atoms with E-state index in [0.29, 0.717) is 39.6 Å². The summed E-state index contributed by atoms with van der Waals surface area (Å²) in [6.45, 7) is 5.31. The first-order valence-electron chi connectivity index (χ1n) is 25.1. The van der Waals surface area contributed by atoms with E-state index in [-0.39, 0.29) is 24.0 Å². The zero-order chi connectivity index (χ0) is 49.3. The Balaban J connectivity index is 1.23. The fraction of sp³-hybridized carbons (Fsp3) is 0.526. The number of rotatable bonds is 41. The Morgan fingerprint density at radius 2 is 0.623 bits per heavy atom. The number of hydrogen-bond donors (Lipinski definition) is 0. The van der Waals surface area contributed by atoms with E-state index in [1.54, 1.807) is 18.2 Å². The molecule has 0 saturated heterocycles. The number of benzene rings is 3. The Labute approximate surface area is 412 Å². The van der Waals surface area contributed by atoms with Crippen molar-refractivity contribution in [2.24, 2.45) is 0 Å². The van der Waals surface area contributed by atoms with Gasteiger partial charge in [-0.15, -0.1) is 0 Å². The second-order valence-corrected chi connectivity index (χ2v) is 16.8. The van der Waals surface area contributed by atoms with E-state index < -0.39 is 0 Å². The fourth-order valence-electron chi connectivity index (χ4n) is 7.05. The molecule has 12 nitrogen and oxygen atoms in total. The van der Waals surface area contributed by atoms with Crippen LogP contribution in [0, 0.1) is 0 Å². The van der Waals surface area contributed by atoms with E-state index >= 15 is 0 Å². The van der Waals surface area contributed by atoms with Crippen molar-refractivity contribution in [1.29, 1.82) is 0 Å². The monoisotopic (exact) mass is 957 g/mol. The standard InChI is InChI=1S/C57H80O12/c1-61-55(58)37-28-48-22-31-51(32-23-48)66-42-18-12-6-4-10-16-40-64-46-54(69-45-21-15-9-8-14-20-44-68-53-35-26-50(27-36-53)30-39-57(60)63-3)47-65-41-17-11-5-7-13-19-43-67-52-33-24-49(25-34-52)29-38-56(59)62-2/h22-39,54H,4-21,40-47H2,1-3H3. The molecule has 69 heavy (non-hydrogen) atoms. The molecule has 0 bridgehead atoms. The minimum atomic E-state index is -0.375. The molecule has 3 rings (SSSR count). The second kappa shape index (κ2) is 39.4. The summed E-state index contributed by atoms with van der Waals surface area (Å²) >= 11 is 0.